The minimum Gasteiger partial charge on any atom is -0.394 e. The molecule has 0 unspecified atom stereocenters. The summed E-state index contributed by atoms with van der Waals surface area (Å²) < 4.78 is 14.2. The number of piperazine rings is 1. The molecule has 1 amide bonds. The van der Waals surface area contributed by atoms with E-state index in [1.807, 2.05) is 11.8 Å². The molecule has 0 saturated carbocycles. The minimum atomic E-state index is -0.910. The maximum absolute atomic E-state index is 14.2. The molecule has 0 radical (unpaired) electrons. The molecule has 0 aliphatic carbocycles. The first-order valence-corrected chi connectivity index (χ1v) is 6.94. The first-order chi connectivity index (χ1) is 10.0. The largest absolute Gasteiger partial charge is 0.394 e. The second-order valence-corrected chi connectivity index (χ2v) is 5.33. The van der Waals surface area contributed by atoms with Crippen molar-refractivity contribution in [1.29, 1.82) is 0 Å². The number of halogens is 1. The average Bonchev–Trinajstić information content (AvgIpc) is 2.48. The van der Waals surface area contributed by atoms with Crippen molar-refractivity contribution in [3.05, 3.63) is 23.6 Å². The van der Waals surface area contributed by atoms with Crippen LogP contribution in [0.2, 0.25) is 0 Å². The van der Waals surface area contributed by atoms with Crippen molar-refractivity contribution in [3.8, 4) is 0 Å². The summed E-state index contributed by atoms with van der Waals surface area (Å²) >= 11 is 0. The summed E-state index contributed by atoms with van der Waals surface area (Å²) in [5, 5.41) is 18.2. The monoisotopic (exact) mass is 297 g/mol. The molecule has 21 heavy (non-hydrogen) atoms. The van der Waals surface area contributed by atoms with Gasteiger partial charge in [0.2, 0.25) is 6.41 Å². The molecule has 6 nitrogen and oxygen atoms in total. The highest BCUT2D eigenvalue weighted by Gasteiger charge is 2.26. The molecule has 1 aliphatic heterocycles. The highest BCUT2D eigenvalue weighted by Crippen LogP contribution is 2.22. The van der Waals surface area contributed by atoms with E-state index in [0.717, 1.165) is 6.41 Å². The quantitative estimate of drug-likeness (QED) is 0.735. The number of hydrogen-bond acceptors (Lipinski definition) is 5. The fourth-order valence-electron chi connectivity index (χ4n) is 2.53. The van der Waals surface area contributed by atoms with E-state index in [2.05, 4.69) is 4.98 Å². The number of pyridine rings is 1. The minimum absolute atomic E-state index is 0.0140. The first-order valence-electron chi connectivity index (χ1n) is 6.94. The van der Waals surface area contributed by atoms with Gasteiger partial charge in [0.1, 0.15) is 0 Å². The van der Waals surface area contributed by atoms with Crippen molar-refractivity contribution in [2.45, 2.75) is 25.5 Å². The van der Waals surface area contributed by atoms with Gasteiger partial charge in [-0.15, -0.1) is 0 Å². The topological polar surface area (TPSA) is 76.9 Å². The van der Waals surface area contributed by atoms with Crippen molar-refractivity contribution in [1.82, 2.24) is 9.88 Å². The van der Waals surface area contributed by atoms with Crippen molar-refractivity contribution in [3.63, 3.8) is 0 Å². The molecule has 2 heterocycles. The Hall–Kier alpha value is -1.73. The number of hydrogen-bond donors (Lipinski definition) is 2. The third kappa shape index (κ3) is 3.68. The molecular formula is C14H20FN3O3. The number of aliphatic hydroxyl groups excluding tert-OH is 2. The van der Waals surface area contributed by atoms with Crippen LogP contribution in [0, 0.1) is 5.82 Å². The summed E-state index contributed by atoms with van der Waals surface area (Å²) in [7, 11) is 0. The van der Waals surface area contributed by atoms with E-state index >= 15 is 0 Å². The third-order valence-corrected chi connectivity index (χ3v) is 3.64. The Labute approximate surface area is 122 Å². The van der Waals surface area contributed by atoms with Gasteiger partial charge in [0.25, 0.3) is 0 Å². The van der Waals surface area contributed by atoms with Gasteiger partial charge in [-0.05, 0) is 18.6 Å². The molecule has 7 heteroatoms. The van der Waals surface area contributed by atoms with Crippen LogP contribution >= 0.6 is 0 Å². The van der Waals surface area contributed by atoms with Gasteiger partial charge in [0, 0.05) is 38.3 Å². The zero-order chi connectivity index (χ0) is 15.4. The zero-order valence-electron chi connectivity index (χ0n) is 11.9. The number of carbonyl (C=O) groups is 1. The SMILES string of the molecule is C[C@H]1CN(C=O)CCN1c1ncc(C[C@@H](O)CO)cc1F. The lowest BCUT2D eigenvalue weighted by Gasteiger charge is -2.39. The molecule has 0 aromatic carbocycles. The summed E-state index contributed by atoms with van der Waals surface area (Å²) in [5.74, 6) is -0.195. The molecule has 2 N–H and O–H groups in total. The molecule has 2 rings (SSSR count). The van der Waals surface area contributed by atoms with Crippen LogP contribution < -0.4 is 4.90 Å². The Morgan fingerprint density at radius 3 is 2.90 bits per heavy atom. The van der Waals surface area contributed by atoms with Gasteiger partial charge >= 0.3 is 0 Å². The fourth-order valence-corrected chi connectivity index (χ4v) is 2.53. The van der Waals surface area contributed by atoms with Gasteiger partial charge in [-0.2, -0.15) is 0 Å². The maximum atomic E-state index is 14.2. The van der Waals surface area contributed by atoms with Crippen LogP contribution in [0.3, 0.4) is 0 Å². The van der Waals surface area contributed by atoms with E-state index in [0.29, 0.717) is 25.2 Å². The smallest absolute Gasteiger partial charge is 0.209 e. The number of amides is 1. The molecule has 116 valence electrons. The predicted molar refractivity (Wildman–Crippen MR) is 75.4 cm³/mol. The van der Waals surface area contributed by atoms with E-state index < -0.39 is 11.9 Å². The van der Waals surface area contributed by atoms with Crippen LogP contribution in [0.25, 0.3) is 0 Å². The Morgan fingerprint density at radius 2 is 2.33 bits per heavy atom. The molecule has 1 fully saturated rings. The van der Waals surface area contributed by atoms with E-state index in [4.69, 9.17) is 5.11 Å². The second-order valence-electron chi connectivity index (χ2n) is 5.33. The zero-order valence-corrected chi connectivity index (χ0v) is 11.9. The second kappa shape index (κ2) is 6.82. The summed E-state index contributed by atoms with van der Waals surface area (Å²) in [4.78, 5) is 18.4. The average molecular weight is 297 g/mol. The van der Waals surface area contributed by atoms with Crippen molar-refractivity contribution < 1.29 is 19.4 Å². The van der Waals surface area contributed by atoms with E-state index in [1.54, 1.807) is 4.90 Å². The molecule has 0 bridgehead atoms. The standard InChI is InChI=1S/C14H20FN3O3/c1-10-7-17(9-20)2-3-18(10)14-13(15)5-11(6-16-14)4-12(21)8-19/h5-6,9-10,12,19,21H,2-4,7-8H2,1H3/t10-,12+/m0/s1. The maximum Gasteiger partial charge on any atom is 0.209 e. The Kier molecular flexibility index (Phi) is 5.08. The lowest BCUT2D eigenvalue weighted by atomic mass is 10.1. The molecule has 1 aromatic heterocycles. The number of aliphatic hydroxyl groups is 2. The van der Waals surface area contributed by atoms with Crippen molar-refractivity contribution in [2.24, 2.45) is 0 Å². The van der Waals surface area contributed by atoms with Crippen LogP contribution in [0.5, 0.6) is 0 Å². The highest BCUT2D eigenvalue weighted by molar-refractivity contribution is 5.50. The van der Waals surface area contributed by atoms with Crippen molar-refractivity contribution >= 4 is 12.2 Å². The van der Waals surface area contributed by atoms with Gasteiger partial charge in [0.05, 0.1) is 12.7 Å². The van der Waals surface area contributed by atoms with Crippen LogP contribution in [0.4, 0.5) is 10.2 Å². The molecular weight excluding hydrogens is 277 g/mol. The molecule has 1 aliphatic rings. The highest BCUT2D eigenvalue weighted by atomic mass is 19.1. The number of carbonyl (C=O) groups excluding carboxylic acids is 1. The van der Waals surface area contributed by atoms with Gasteiger partial charge in [0.15, 0.2) is 11.6 Å². The van der Waals surface area contributed by atoms with E-state index in [-0.39, 0.29) is 24.9 Å². The lowest BCUT2D eigenvalue weighted by Crippen LogP contribution is -2.52. The van der Waals surface area contributed by atoms with E-state index in [1.165, 1.54) is 12.3 Å². The Morgan fingerprint density at radius 1 is 1.57 bits per heavy atom. The predicted octanol–water partition coefficient (Wildman–Crippen LogP) is -0.217. The summed E-state index contributed by atoms with van der Waals surface area (Å²) in [5.41, 5.74) is 0.539. The molecule has 2 atom stereocenters. The van der Waals surface area contributed by atoms with Crippen LogP contribution in [-0.2, 0) is 11.2 Å². The van der Waals surface area contributed by atoms with Crippen LogP contribution in [0.1, 0.15) is 12.5 Å². The first kappa shape index (κ1) is 15.7. The Balaban J connectivity index is 2.12. The summed E-state index contributed by atoms with van der Waals surface area (Å²) in [6.07, 6.45) is 1.56. The molecule has 1 saturated heterocycles. The number of aromatic nitrogens is 1. The van der Waals surface area contributed by atoms with Gasteiger partial charge in [-0.3, -0.25) is 4.79 Å². The summed E-state index contributed by atoms with van der Waals surface area (Å²) in [6.45, 7) is 3.16. The van der Waals surface area contributed by atoms with Crippen LogP contribution in [-0.4, -0.2) is 64.9 Å². The van der Waals surface area contributed by atoms with Crippen LogP contribution in [0.15, 0.2) is 12.3 Å². The van der Waals surface area contributed by atoms with Gasteiger partial charge in [-0.1, -0.05) is 0 Å². The summed E-state index contributed by atoms with van der Waals surface area (Å²) in [6, 6.07) is 1.32. The van der Waals surface area contributed by atoms with Gasteiger partial charge in [-0.25, -0.2) is 9.37 Å². The fraction of sp³-hybridized carbons (Fsp3) is 0.571. The third-order valence-electron chi connectivity index (χ3n) is 3.64. The lowest BCUT2D eigenvalue weighted by molar-refractivity contribution is -0.118. The Bertz CT molecular complexity index is 500. The normalized spacial score (nSPS) is 20.5. The van der Waals surface area contributed by atoms with E-state index in [9.17, 15) is 14.3 Å². The number of nitrogens with zero attached hydrogens (tertiary/aromatic N) is 3. The number of rotatable bonds is 5. The molecule has 0 spiro atoms. The van der Waals surface area contributed by atoms with Gasteiger partial charge < -0.3 is 20.0 Å². The van der Waals surface area contributed by atoms with Crippen molar-refractivity contribution in [2.75, 3.05) is 31.1 Å². The molecule has 1 aromatic rings. The number of anilines is 1.